The van der Waals surface area contributed by atoms with Gasteiger partial charge in [0.05, 0.1) is 11.1 Å². The van der Waals surface area contributed by atoms with E-state index in [0.717, 1.165) is 12.8 Å². The van der Waals surface area contributed by atoms with E-state index < -0.39 is 6.04 Å². The maximum Gasteiger partial charge on any atom is 0.241 e. The molecule has 0 bridgehead atoms. The lowest BCUT2D eigenvalue weighted by molar-refractivity contribution is -0.117. The van der Waals surface area contributed by atoms with Gasteiger partial charge < -0.3 is 16.2 Å². The Morgan fingerprint density at radius 3 is 2.88 bits per heavy atom. The van der Waals surface area contributed by atoms with E-state index in [1.165, 1.54) is 12.1 Å². The number of carbonyl (C=O) groups excluding carboxylic acids is 1. The van der Waals surface area contributed by atoms with Gasteiger partial charge in [0.15, 0.2) is 0 Å². The molecule has 0 unspecified atom stereocenters. The van der Waals surface area contributed by atoms with Gasteiger partial charge in [0.1, 0.15) is 5.75 Å². The van der Waals surface area contributed by atoms with Gasteiger partial charge in [-0.25, -0.2) is 0 Å². The number of benzene rings is 1. The molecule has 5 heteroatoms. The fourth-order valence-electron chi connectivity index (χ4n) is 1.37. The van der Waals surface area contributed by atoms with Crippen molar-refractivity contribution in [1.29, 1.82) is 0 Å². The summed E-state index contributed by atoms with van der Waals surface area (Å²) in [6.45, 7) is 2.05. The zero-order valence-corrected chi connectivity index (χ0v) is 10.5. The molecule has 1 aromatic carbocycles. The highest BCUT2D eigenvalue weighted by atomic mass is 35.5. The quantitative estimate of drug-likeness (QED) is 0.709. The second-order valence-electron chi connectivity index (χ2n) is 3.90. The molecule has 0 aliphatic rings. The fraction of sp³-hybridized carbons (Fsp3) is 0.417. The first kappa shape index (κ1) is 13.8. The highest BCUT2D eigenvalue weighted by molar-refractivity contribution is 6.32. The summed E-state index contributed by atoms with van der Waals surface area (Å²) < 4.78 is 0. The van der Waals surface area contributed by atoms with Crippen LogP contribution in [0.4, 0.5) is 5.69 Å². The number of halogens is 1. The van der Waals surface area contributed by atoms with E-state index in [2.05, 4.69) is 5.32 Å². The summed E-state index contributed by atoms with van der Waals surface area (Å²) in [5.74, 6) is -0.250. The third-order valence-corrected chi connectivity index (χ3v) is 2.72. The van der Waals surface area contributed by atoms with Crippen LogP contribution in [0.25, 0.3) is 0 Å². The number of phenols is 1. The summed E-state index contributed by atoms with van der Waals surface area (Å²) in [6, 6.07) is 3.98. The number of hydrogen-bond donors (Lipinski definition) is 3. The summed E-state index contributed by atoms with van der Waals surface area (Å²) in [4.78, 5) is 11.7. The Morgan fingerprint density at radius 2 is 2.29 bits per heavy atom. The molecule has 0 heterocycles. The van der Waals surface area contributed by atoms with Crippen LogP contribution in [0, 0.1) is 0 Å². The Balaban J connectivity index is 2.58. The van der Waals surface area contributed by atoms with E-state index in [0.29, 0.717) is 12.1 Å². The molecule has 4 nitrogen and oxygen atoms in total. The van der Waals surface area contributed by atoms with Crippen molar-refractivity contribution in [2.45, 2.75) is 32.2 Å². The molecule has 0 spiro atoms. The SMILES string of the molecule is CCCC[C@H](N)C(=O)Nc1ccc(O)c(Cl)c1. The van der Waals surface area contributed by atoms with Gasteiger partial charge in [-0.05, 0) is 24.6 Å². The maximum absolute atomic E-state index is 11.7. The van der Waals surface area contributed by atoms with Crippen molar-refractivity contribution < 1.29 is 9.90 Å². The zero-order chi connectivity index (χ0) is 12.8. The van der Waals surface area contributed by atoms with Gasteiger partial charge in [-0.1, -0.05) is 31.4 Å². The van der Waals surface area contributed by atoms with Crippen molar-refractivity contribution in [3.63, 3.8) is 0 Å². The van der Waals surface area contributed by atoms with Gasteiger partial charge in [-0.3, -0.25) is 4.79 Å². The third kappa shape index (κ3) is 4.24. The number of phenolic OH excluding ortho intramolecular Hbond substituents is 1. The molecule has 1 atom stereocenters. The lowest BCUT2D eigenvalue weighted by Crippen LogP contribution is -2.35. The van der Waals surface area contributed by atoms with Crippen LogP contribution in [0.1, 0.15) is 26.2 Å². The number of amides is 1. The Bertz CT molecular complexity index is 396. The first-order valence-electron chi connectivity index (χ1n) is 5.59. The summed E-state index contributed by atoms with van der Waals surface area (Å²) in [5.41, 5.74) is 6.26. The Hall–Kier alpha value is -1.26. The van der Waals surface area contributed by atoms with E-state index in [-0.39, 0.29) is 16.7 Å². The van der Waals surface area contributed by atoms with Crippen molar-refractivity contribution >= 4 is 23.2 Å². The van der Waals surface area contributed by atoms with Crippen molar-refractivity contribution in [2.24, 2.45) is 5.73 Å². The number of aromatic hydroxyl groups is 1. The predicted molar refractivity (Wildman–Crippen MR) is 69.2 cm³/mol. The second kappa shape index (κ2) is 6.47. The van der Waals surface area contributed by atoms with Gasteiger partial charge >= 0.3 is 0 Å². The molecular weight excluding hydrogens is 240 g/mol. The number of nitrogens with one attached hydrogen (secondary N) is 1. The third-order valence-electron chi connectivity index (χ3n) is 2.42. The Labute approximate surface area is 106 Å². The van der Waals surface area contributed by atoms with Gasteiger partial charge in [-0.2, -0.15) is 0 Å². The fourth-order valence-corrected chi connectivity index (χ4v) is 1.56. The normalized spacial score (nSPS) is 12.2. The molecule has 0 saturated carbocycles. The average molecular weight is 257 g/mol. The van der Waals surface area contributed by atoms with E-state index >= 15 is 0 Å². The van der Waals surface area contributed by atoms with Crippen molar-refractivity contribution in [3.05, 3.63) is 23.2 Å². The topological polar surface area (TPSA) is 75.4 Å². The minimum atomic E-state index is -0.512. The van der Waals surface area contributed by atoms with E-state index in [4.69, 9.17) is 17.3 Å². The molecular formula is C12H17ClN2O2. The molecule has 0 aromatic heterocycles. The highest BCUT2D eigenvalue weighted by Gasteiger charge is 2.13. The molecule has 0 radical (unpaired) electrons. The van der Waals surface area contributed by atoms with Crippen LogP contribution in [-0.4, -0.2) is 17.1 Å². The second-order valence-corrected chi connectivity index (χ2v) is 4.31. The van der Waals surface area contributed by atoms with Crippen LogP contribution in [0.15, 0.2) is 18.2 Å². The smallest absolute Gasteiger partial charge is 0.241 e. The molecule has 4 N–H and O–H groups in total. The molecule has 0 fully saturated rings. The van der Waals surface area contributed by atoms with Crippen molar-refractivity contribution in [1.82, 2.24) is 0 Å². The molecule has 1 amide bonds. The lowest BCUT2D eigenvalue weighted by atomic mass is 10.1. The summed E-state index contributed by atoms with van der Waals surface area (Å²) in [7, 11) is 0. The molecule has 94 valence electrons. The Kier molecular flexibility index (Phi) is 5.25. The number of anilines is 1. The minimum Gasteiger partial charge on any atom is -0.506 e. The largest absolute Gasteiger partial charge is 0.506 e. The summed E-state index contributed by atoms with van der Waals surface area (Å²) >= 11 is 5.73. The van der Waals surface area contributed by atoms with Crippen molar-refractivity contribution in [2.75, 3.05) is 5.32 Å². The van der Waals surface area contributed by atoms with Gasteiger partial charge in [0.25, 0.3) is 0 Å². The molecule has 0 saturated heterocycles. The summed E-state index contributed by atoms with van der Waals surface area (Å²) in [5, 5.41) is 12.1. The van der Waals surface area contributed by atoms with E-state index in [9.17, 15) is 9.90 Å². The van der Waals surface area contributed by atoms with Crippen LogP contribution in [0.3, 0.4) is 0 Å². The van der Waals surface area contributed by atoms with Gasteiger partial charge in [-0.15, -0.1) is 0 Å². The number of carbonyl (C=O) groups is 1. The van der Waals surface area contributed by atoms with Crippen molar-refractivity contribution in [3.8, 4) is 5.75 Å². The Morgan fingerprint density at radius 1 is 1.59 bits per heavy atom. The van der Waals surface area contributed by atoms with Gasteiger partial charge in [0, 0.05) is 5.69 Å². The highest BCUT2D eigenvalue weighted by Crippen LogP contribution is 2.26. The van der Waals surface area contributed by atoms with E-state index in [1.54, 1.807) is 6.07 Å². The molecule has 17 heavy (non-hydrogen) atoms. The standard InChI is InChI=1S/C12H17ClN2O2/c1-2-3-4-10(14)12(17)15-8-5-6-11(16)9(13)7-8/h5-7,10,16H,2-4,14H2,1H3,(H,15,17)/t10-/m0/s1. The number of hydrogen-bond acceptors (Lipinski definition) is 3. The molecule has 0 aliphatic heterocycles. The number of rotatable bonds is 5. The van der Waals surface area contributed by atoms with Gasteiger partial charge in [0.2, 0.25) is 5.91 Å². The molecule has 1 rings (SSSR count). The minimum absolute atomic E-state index is 0.0139. The number of unbranched alkanes of at least 4 members (excludes halogenated alkanes) is 1. The molecule has 1 aromatic rings. The van der Waals surface area contributed by atoms with Crippen LogP contribution >= 0.6 is 11.6 Å². The van der Waals surface area contributed by atoms with Crippen LogP contribution in [0.2, 0.25) is 5.02 Å². The summed E-state index contributed by atoms with van der Waals surface area (Å²) in [6.07, 6.45) is 2.59. The average Bonchev–Trinajstić information content (AvgIpc) is 2.30. The van der Waals surface area contributed by atoms with Crippen LogP contribution in [0.5, 0.6) is 5.75 Å². The predicted octanol–water partition coefficient (Wildman–Crippen LogP) is 2.50. The molecule has 0 aliphatic carbocycles. The first-order chi connectivity index (χ1) is 8.04. The van der Waals surface area contributed by atoms with Crippen LogP contribution in [-0.2, 0) is 4.79 Å². The van der Waals surface area contributed by atoms with E-state index in [1.807, 2.05) is 6.92 Å². The number of nitrogens with two attached hydrogens (primary N) is 1. The monoisotopic (exact) mass is 256 g/mol. The first-order valence-corrected chi connectivity index (χ1v) is 5.97. The maximum atomic E-state index is 11.7. The lowest BCUT2D eigenvalue weighted by Gasteiger charge is -2.12. The zero-order valence-electron chi connectivity index (χ0n) is 9.74. The van der Waals surface area contributed by atoms with Crippen LogP contribution < -0.4 is 11.1 Å².